The van der Waals surface area contributed by atoms with Gasteiger partial charge in [-0.2, -0.15) is 0 Å². The lowest BCUT2D eigenvalue weighted by molar-refractivity contribution is -0.136. The molecule has 0 saturated heterocycles. The zero-order valence-corrected chi connectivity index (χ0v) is 15.7. The first kappa shape index (κ1) is 17.7. The molecule has 0 fully saturated rings. The van der Waals surface area contributed by atoms with Gasteiger partial charge < -0.3 is 9.67 Å². The molecular formula is C20H22ClNO3. The Balaban J connectivity index is 2.30. The lowest BCUT2D eigenvalue weighted by Crippen LogP contribution is -2.28. The van der Waals surface area contributed by atoms with E-state index in [0.29, 0.717) is 22.6 Å². The predicted molar refractivity (Wildman–Crippen MR) is 98.0 cm³/mol. The molecule has 0 bridgehead atoms. The molecule has 3 rings (SSSR count). The van der Waals surface area contributed by atoms with Crippen LogP contribution in [0.5, 0.6) is 0 Å². The molecule has 0 radical (unpaired) electrons. The molecule has 0 unspecified atom stereocenters. The van der Waals surface area contributed by atoms with E-state index in [9.17, 15) is 14.7 Å². The molecule has 1 heterocycles. The maximum absolute atomic E-state index is 12.8. The van der Waals surface area contributed by atoms with Crippen LogP contribution in [0.1, 0.15) is 53.1 Å². The number of aliphatic carboxylic acids is 1. The molecule has 1 aliphatic rings. The van der Waals surface area contributed by atoms with Crippen LogP contribution in [0.3, 0.4) is 0 Å². The van der Waals surface area contributed by atoms with E-state index in [1.165, 1.54) is 0 Å². The number of rotatable bonds is 3. The van der Waals surface area contributed by atoms with Gasteiger partial charge in [0, 0.05) is 34.1 Å². The number of carbonyl (C=O) groups excluding carboxylic acids is 1. The molecule has 0 amide bonds. The molecule has 1 aromatic carbocycles. The van der Waals surface area contributed by atoms with Crippen LogP contribution in [0.25, 0.3) is 5.69 Å². The molecule has 0 saturated carbocycles. The summed E-state index contributed by atoms with van der Waals surface area (Å²) in [6.45, 7) is 7.95. The fourth-order valence-electron chi connectivity index (χ4n) is 3.78. The minimum absolute atomic E-state index is 0.0301. The van der Waals surface area contributed by atoms with E-state index >= 15 is 0 Å². The van der Waals surface area contributed by atoms with Crippen LogP contribution >= 0.6 is 11.6 Å². The van der Waals surface area contributed by atoms with E-state index < -0.39 is 5.97 Å². The van der Waals surface area contributed by atoms with Gasteiger partial charge in [-0.05, 0) is 48.9 Å². The fraction of sp³-hybridized carbons (Fsp3) is 0.400. The first-order valence-electron chi connectivity index (χ1n) is 8.35. The zero-order valence-electron chi connectivity index (χ0n) is 14.9. The minimum atomic E-state index is -0.928. The van der Waals surface area contributed by atoms with Gasteiger partial charge in [0.15, 0.2) is 5.78 Å². The Morgan fingerprint density at radius 3 is 2.56 bits per heavy atom. The van der Waals surface area contributed by atoms with Gasteiger partial charge in [-0.15, -0.1) is 0 Å². The summed E-state index contributed by atoms with van der Waals surface area (Å²) in [7, 11) is 0. The summed E-state index contributed by atoms with van der Waals surface area (Å²) in [5, 5.41) is 9.95. The van der Waals surface area contributed by atoms with Crippen LogP contribution < -0.4 is 0 Å². The van der Waals surface area contributed by atoms with Gasteiger partial charge in [0.05, 0.1) is 6.42 Å². The van der Waals surface area contributed by atoms with Gasteiger partial charge in [-0.3, -0.25) is 9.59 Å². The van der Waals surface area contributed by atoms with E-state index in [1.807, 2.05) is 36.6 Å². The summed E-state index contributed by atoms with van der Waals surface area (Å²) in [4.78, 5) is 24.1. The third kappa shape index (κ3) is 3.11. The Kier molecular flexibility index (Phi) is 4.28. The summed E-state index contributed by atoms with van der Waals surface area (Å²) in [6.07, 6.45) is 1.01. The third-order valence-corrected chi connectivity index (χ3v) is 5.35. The van der Waals surface area contributed by atoms with Gasteiger partial charge in [-0.25, -0.2) is 0 Å². The standard InChI is InChI=1S/C20H22ClNO3/c1-11-5-6-13(7-15(11)21)22-12(2)14(8-18(24)25)19-16(22)9-20(3,4)10-17(19)23/h5-7H,8-10H2,1-4H3,(H,24,25). The van der Waals surface area contributed by atoms with E-state index in [-0.39, 0.29) is 17.6 Å². The van der Waals surface area contributed by atoms with Gasteiger partial charge >= 0.3 is 5.97 Å². The van der Waals surface area contributed by atoms with Crippen molar-refractivity contribution in [2.45, 2.75) is 47.0 Å². The van der Waals surface area contributed by atoms with Crippen molar-refractivity contribution in [3.63, 3.8) is 0 Å². The molecule has 0 aliphatic heterocycles. The SMILES string of the molecule is Cc1ccc(-n2c(C)c(CC(=O)O)c3c2CC(C)(C)CC3=O)cc1Cl. The molecule has 2 aromatic rings. The average Bonchev–Trinajstić information content (AvgIpc) is 2.73. The number of carboxylic acids is 1. The number of hydrogen-bond acceptors (Lipinski definition) is 2. The monoisotopic (exact) mass is 359 g/mol. The number of fused-ring (bicyclic) bond motifs is 1. The van der Waals surface area contributed by atoms with E-state index in [2.05, 4.69) is 13.8 Å². The van der Waals surface area contributed by atoms with E-state index in [0.717, 1.165) is 29.1 Å². The number of halogens is 1. The smallest absolute Gasteiger partial charge is 0.307 e. The van der Waals surface area contributed by atoms with Gasteiger partial charge in [0.25, 0.3) is 0 Å². The van der Waals surface area contributed by atoms with Crippen molar-refractivity contribution >= 4 is 23.4 Å². The Morgan fingerprint density at radius 2 is 1.96 bits per heavy atom. The summed E-state index contributed by atoms with van der Waals surface area (Å²) < 4.78 is 2.01. The number of carboxylic acid groups (broad SMARTS) is 1. The number of Topliss-reactive ketones (excluding diaryl/α,β-unsaturated/α-hetero) is 1. The second-order valence-electron chi connectivity index (χ2n) is 7.67. The second-order valence-corrected chi connectivity index (χ2v) is 8.07. The lowest BCUT2D eigenvalue weighted by atomic mass is 9.75. The number of nitrogens with zero attached hydrogens (tertiary/aromatic N) is 1. The third-order valence-electron chi connectivity index (χ3n) is 4.94. The maximum atomic E-state index is 12.8. The highest BCUT2D eigenvalue weighted by Crippen LogP contribution is 2.40. The molecule has 0 atom stereocenters. The lowest BCUT2D eigenvalue weighted by Gasteiger charge is -2.30. The Hall–Kier alpha value is -2.07. The first-order valence-corrected chi connectivity index (χ1v) is 8.73. The number of aromatic nitrogens is 1. The molecule has 1 aliphatic carbocycles. The largest absolute Gasteiger partial charge is 0.481 e. The highest BCUT2D eigenvalue weighted by atomic mass is 35.5. The number of ketones is 1. The zero-order chi connectivity index (χ0) is 18.5. The van der Waals surface area contributed by atoms with Crippen LogP contribution in [0.15, 0.2) is 18.2 Å². The fourth-order valence-corrected chi connectivity index (χ4v) is 3.95. The number of benzene rings is 1. The van der Waals surface area contributed by atoms with Crippen LogP contribution in [0.4, 0.5) is 0 Å². The molecule has 4 nitrogen and oxygen atoms in total. The molecule has 0 spiro atoms. The Labute approximate surface area is 152 Å². The molecular weight excluding hydrogens is 338 g/mol. The summed E-state index contributed by atoms with van der Waals surface area (Å²) >= 11 is 6.30. The van der Waals surface area contributed by atoms with Crippen LogP contribution in [0, 0.1) is 19.3 Å². The second kappa shape index (κ2) is 6.03. The van der Waals surface area contributed by atoms with Crippen molar-refractivity contribution in [2.75, 3.05) is 0 Å². The number of carbonyl (C=O) groups is 2. The number of aryl methyl sites for hydroxylation is 1. The Morgan fingerprint density at radius 1 is 1.28 bits per heavy atom. The van der Waals surface area contributed by atoms with Crippen molar-refractivity contribution in [1.29, 1.82) is 0 Å². The van der Waals surface area contributed by atoms with Gasteiger partial charge in [0.2, 0.25) is 0 Å². The van der Waals surface area contributed by atoms with Crippen LogP contribution in [0.2, 0.25) is 5.02 Å². The van der Waals surface area contributed by atoms with Crippen LogP contribution in [-0.4, -0.2) is 21.4 Å². The first-order chi connectivity index (χ1) is 11.6. The van der Waals surface area contributed by atoms with Crippen molar-refractivity contribution < 1.29 is 14.7 Å². The Bertz CT molecular complexity index is 893. The highest BCUT2D eigenvalue weighted by Gasteiger charge is 2.37. The average molecular weight is 360 g/mol. The highest BCUT2D eigenvalue weighted by molar-refractivity contribution is 6.31. The predicted octanol–water partition coefficient (Wildman–Crippen LogP) is 4.53. The summed E-state index contributed by atoms with van der Waals surface area (Å²) in [6, 6.07) is 5.78. The van der Waals surface area contributed by atoms with Gasteiger partial charge in [-0.1, -0.05) is 31.5 Å². The maximum Gasteiger partial charge on any atom is 0.307 e. The summed E-state index contributed by atoms with van der Waals surface area (Å²) in [5.74, 6) is -0.898. The summed E-state index contributed by atoms with van der Waals surface area (Å²) in [5.41, 5.74) is 4.61. The van der Waals surface area contributed by atoms with Crippen molar-refractivity contribution in [2.24, 2.45) is 5.41 Å². The molecule has 1 aromatic heterocycles. The normalized spacial score (nSPS) is 16.0. The van der Waals surface area contributed by atoms with Gasteiger partial charge in [0.1, 0.15) is 0 Å². The molecule has 25 heavy (non-hydrogen) atoms. The van der Waals surface area contributed by atoms with E-state index in [4.69, 9.17) is 11.6 Å². The van der Waals surface area contributed by atoms with Crippen molar-refractivity contribution in [1.82, 2.24) is 4.57 Å². The van der Waals surface area contributed by atoms with Crippen molar-refractivity contribution in [3.8, 4) is 5.69 Å². The minimum Gasteiger partial charge on any atom is -0.481 e. The topological polar surface area (TPSA) is 59.3 Å². The quantitative estimate of drug-likeness (QED) is 0.875. The molecule has 1 N–H and O–H groups in total. The van der Waals surface area contributed by atoms with E-state index in [1.54, 1.807) is 0 Å². The molecule has 5 heteroatoms. The number of hydrogen-bond donors (Lipinski definition) is 1. The molecule has 132 valence electrons. The van der Waals surface area contributed by atoms with Crippen LogP contribution in [-0.2, 0) is 17.6 Å². The van der Waals surface area contributed by atoms with Crippen molar-refractivity contribution in [3.05, 3.63) is 51.3 Å².